The van der Waals surface area contributed by atoms with E-state index in [9.17, 15) is 4.79 Å². The molecule has 2 rings (SSSR count). The fourth-order valence-corrected chi connectivity index (χ4v) is 2.84. The van der Waals surface area contributed by atoms with E-state index in [0.717, 1.165) is 15.0 Å². The fourth-order valence-electron chi connectivity index (χ4n) is 1.11. The summed E-state index contributed by atoms with van der Waals surface area (Å²) in [5, 5.41) is 17.6. The van der Waals surface area contributed by atoms with Crippen LogP contribution in [-0.4, -0.2) is 26.3 Å². The standard InChI is InChI=1S/C10H9N3O2S2/c1-6-12-13-10(17-6)16-5-8-3-2-7(4-11-8)9(14)15/h2-4H,5H2,1H3,(H,14,15). The first kappa shape index (κ1) is 12.0. The van der Waals surface area contributed by atoms with Crippen LogP contribution in [0.4, 0.5) is 0 Å². The summed E-state index contributed by atoms with van der Waals surface area (Å²) in [4.78, 5) is 14.7. The van der Waals surface area contributed by atoms with Gasteiger partial charge in [0.1, 0.15) is 5.01 Å². The van der Waals surface area contributed by atoms with Crippen LogP contribution in [0.3, 0.4) is 0 Å². The van der Waals surface area contributed by atoms with E-state index < -0.39 is 5.97 Å². The molecule has 0 saturated heterocycles. The number of rotatable bonds is 4. The maximum Gasteiger partial charge on any atom is 0.337 e. The van der Waals surface area contributed by atoms with E-state index in [1.54, 1.807) is 23.9 Å². The Labute approximate surface area is 106 Å². The number of hydrogen-bond acceptors (Lipinski definition) is 6. The SMILES string of the molecule is Cc1nnc(SCc2ccc(C(=O)O)cn2)s1. The van der Waals surface area contributed by atoms with Gasteiger partial charge in [0.2, 0.25) is 0 Å². The molecule has 88 valence electrons. The second kappa shape index (κ2) is 5.24. The molecule has 0 bridgehead atoms. The first-order valence-corrected chi connectivity index (χ1v) is 6.56. The topological polar surface area (TPSA) is 76.0 Å². The number of thioether (sulfide) groups is 1. The van der Waals surface area contributed by atoms with Gasteiger partial charge in [-0.05, 0) is 19.1 Å². The lowest BCUT2D eigenvalue weighted by Gasteiger charge is -1.98. The highest BCUT2D eigenvalue weighted by molar-refractivity contribution is 8.00. The average Bonchev–Trinajstić information content (AvgIpc) is 2.73. The predicted molar refractivity (Wildman–Crippen MR) is 65.4 cm³/mol. The average molecular weight is 267 g/mol. The highest BCUT2D eigenvalue weighted by atomic mass is 32.2. The number of hydrogen-bond donors (Lipinski definition) is 1. The van der Waals surface area contributed by atoms with Crippen LogP contribution in [0.1, 0.15) is 21.1 Å². The molecule has 0 unspecified atom stereocenters. The molecule has 0 atom stereocenters. The smallest absolute Gasteiger partial charge is 0.337 e. The minimum atomic E-state index is -0.962. The van der Waals surface area contributed by atoms with Crippen molar-refractivity contribution in [2.45, 2.75) is 17.0 Å². The predicted octanol–water partition coefficient (Wildman–Crippen LogP) is 2.23. The van der Waals surface area contributed by atoms with Crippen molar-refractivity contribution in [1.29, 1.82) is 0 Å². The van der Waals surface area contributed by atoms with Gasteiger partial charge in [-0.25, -0.2) is 4.79 Å². The molecule has 1 N–H and O–H groups in total. The second-order valence-corrected chi connectivity index (χ2v) is 5.62. The molecule has 0 aliphatic carbocycles. The normalized spacial score (nSPS) is 10.4. The molecule has 7 heteroatoms. The Balaban J connectivity index is 1.97. The van der Waals surface area contributed by atoms with Gasteiger partial charge in [-0.1, -0.05) is 23.1 Å². The van der Waals surface area contributed by atoms with Crippen LogP contribution in [0, 0.1) is 6.92 Å². The lowest BCUT2D eigenvalue weighted by atomic mass is 10.2. The molecule has 0 amide bonds. The third kappa shape index (κ3) is 3.24. The third-order valence-electron chi connectivity index (χ3n) is 1.92. The Morgan fingerprint density at radius 1 is 1.47 bits per heavy atom. The summed E-state index contributed by atoms with van der Waals surface area (Å²) in [6.07, 6.45) is 1.36. The zero-order chi connectivity index (χ0) is 12.3. The zero-order valence-electron chi connectivity index (χ0n) is 8.95. The van der Waals surface area contributed by atoms with Gasteiger partial charge < -0.3 is 5.11 Å². The van der Waals surface area contributed by atoms with Gasteiger partial charge >= 0.3 is 5.97 Å². The first-order chi connectivity index (χ1) is 8.15. The van der Waals surface area contributed by atoms with Gasteiger partial charge in [0.25, 0.3) is 0 Å². The molecule has 0 saturated carbocycles. The summed E-state index contributed by atoms with van der Waals surface area (Å²) in [5.74, 6) is -0.300. The maximum absolute atomic E-state index is 10.6. The summed E-state index contributed by atoms with van der Waals surface area (Å²) < 4.78 is 0.895. The summed E-state index contributed by atoms with van der Waals surface area (Å²) in [5.41, 5.74) is 1.03. The highest BCUT2D eigenvalue weighted by Gasteiger charge is 2.05. The van der Waals surface area contributed by atoms with E-state index in [2.05, 4.69) is 15.2 Å². The number of carboxylic acids is 1. The van der Waals surface area contributed by atoms with E-state index in [1.807, 2.05) is 6.92 Å². The molecule has 0 spiro atoms. The van der Waals surface area contributed by atoms with Crippen molar-refractivity contribution < 1.29 is 9.90 Å². The number of aromatic nitrogens is 3. The van der Waals surface area contributed by atoms with Gasteiger partial charge in [-0.15, -0.1) is 10.2 Å². The van der Waals surface area contributed by atoms with E-state index in [4.69, 9.17) is 5.11 Å². The van der Waals surface area contributed by atoms with Crippen molar-refractivity contribution in [2.75, 3.05) is 0 Å². The van der Waals surface area contributed by atoms with Gasteiger partial charge in [0.05, 0.1) is 11.3 Å². The lowest BCUT2D eigenvalue weighted by Crippen LogP contribution is -1.97. The summed E-state index contributed by atoms with van der Waals surface area (Å²) in [6.45, 7) is 1.90. The summed E-state index contributed by atoms with van der Waals surface area (Å²) in [6, 6.07) is 3.26. The van der Waals surface area contributed by atoms with Gasteiger partial charge in [-0.3, -0.25) is 4.98 Å². The maximum atomic E-state index is 10.6. The van der Waals surface area contributed by atoms with Crippen LogP contribution in [0.25, 0.3) is 0 Å². The molecule has 0 fully saturated rings. The Morgan fingerprint density at radius 2 is 2.29 bits per heavy atom. The Hall–Kier alpha value is -1.47. The molecule has 0 aromatic carbocycles. The van der Waals surface area contributed by atoms with Crippen LogP contribution >= 0.6 is 23.1 Å². The molecule has 2 heterocycles. The summed E-state index contributed by atoms with van der Waals surface area (Å²) >= 11 is 3.08. The third-order valence-corrected chi connectivity index (χ3v) is 3.93. The second-order valence-electron chi connectivity index (χ2n) is 3.22. The molecular formula is C10H9N3O2S2. The van der Waals surface area contributed by atoms with Crippen molar-refractivity contribution in [3.63, 3.8) is 0 Å². The monoisotopic (exact) mass is 267 g/mol. The van der Waals surface area contributed by atoms with Crippen molar-refractivity contribution in [3.05, 3.63) is 34.6 Å². The number of aromatic carboxylic acids is 1. The minimum Gasteiger partial charge on any atom is -0.478 e. The largest absolute Gasteiger partial charge is 0.478 e. The zero-order valence-corrected chi connectivity index (χ0v) is 10.6. The van der Waals surface area contributed by atoms with Crippen molar-refractivity contribution >= 4 is 29.1 Å². The van der Waals surface area contributed by atoms with Crippen LogP contribution in [0.15, 0.2) is 22.7 Å². The highest BCUT2D eigenvalue weighted by Crippen LogP contribution is 2.24. The Kier molecular flexibility index (Phi) is 3.70. The van der Waals surface area contributed by atoms with Crippen LogP contribution in [0.2, 0.25) is 0 Å². The number of pyridine rings is 1. The summed E-state index contributed by atoms with van der Waals surface area (Å²) in [7, 11) is 0. The molecule has 0 radical (unpaired) electrons. The van der Waals surface area contributed by atoms with Crippen molar-refractivity contribution in [2.24, 2.45) is 0 Å². The molecule has 2 aromatic heterocycles. The van der Waals surface area contributed by atoms with Gasteiger partial charge in [0, 0.05) is 11.9 Å². The first-order valence-electron chi connectivity index (χ1n) is 4.76. The van der Waals surface area contributed by atoms with E-state index in [-0.39, 0.29) is 5.56 Å². The number of carbonyl (C=O) groups is 1. The molecule has 17 heavy (non-hydrogen) atoms. The Morgan fingerprint density at radius 3 is 2.82 bits per heavy atom. The molecule has 5 nitrogen and oxygen atoms in total. The lowest BCUT2D eigenvalue weighted by molar-refractivity contribution is 0.0696. The fraction of sp³-hybridized carbons (Fsp3) is 0.200. The van der Waals surface area contributed by atoms with Crippen molar-refractivity contribution in [3.8, 4) is 0 Å². The molecule has 0 aliphatic heterocycles. The van der Waals surface area contributed by atoms with E-state index >= 15 is 0 Å². The minimum absolute atomic E-state index is 0.200. The quantitative estimate of drug-likeness (QED) is 0.856. The number of aryl methyl sites for hydroxylation is 1. The van der Waals surface area contributed by atoms with Crippen molar-refractivity contribution in [1.82, 2.24) is 15.2 Å². The molecule has 0 aliphatic rings. The van der Waals surface area contributed by atoms with Crippen LogP contribution < -0.4 is 0 Å². The van der Waals surface area contributed by atoms with Crippen LogP contribution in [0.5, 0.6) is 0 Å². The number of nitrogens with zero attached hydrogens (tertiary/aromatic N) is 3. The molecule has 2 aromatic rings. The molecular weight excluding hydrogens is 258 g/mol. The van der Waals surface area contributed by atoms with Gasteiger partial charge in [-0.2, -0.15) is 0 Å². The van der Waals surface area contributed by atoms with Gasteiger partial charge in [0.15, 0.2) is 4.34 Å². The van der Waals surface area contributed by atoms with Crippen LogP contribution in [-0.2, 0) is 5.75 Å². The van der Waals surface area contributed by atoms with E-state index in [0.29, 0.717) is 5.75 Å². The number of carboxylic acid groups (broad SMARTS) is 1. The van der Waals surface area contributed by atoms with E-state index in [1.165, 1.54) is 17.5 Å². The Bertz CT molecular complexity index is 525.